The van der Waals surface area contributed by atoms with Gasteiger partial charge < -0.3 is 26.6 Å². The van der Waals surface area contributed by atoms with Gasteiger partial charge >= 0.3 is 0 Å². The van der Waals surface area contributed by atoms with Crippen LogP contribution in [0.15, 0.2) is 85.1 Å². The molecule has 5 N–H and O–H groups in total. The molecule has 0 saturated heterocycles. The number of aryl methyl sites for hydroxylation is 1. The third-order valence-corrected chi connectivity index (χ3v) is 5.95. The summed E-state index contributed by atoms with van der Waals surface area (Å²) in [6.45, 7) is 1.85. The van der Waals surface area contributed by atoms with Crippen molar-refractivity contribution < 1.29 is 4.79 Å². The lowest BCUT2D eigenvalue weighted by atomic mass is 10.1. The van der Waals surface area contributed by atoms with Gasteiger partial charge in [-0.3, -0.25) is 9.78 Å². The number of pyridine rings is 1. The number of carbonyl (C=O) groups excluding carboxylic acids is 1. The first-order chi connectivity index (χ1) is 18.3. The van der Waals surface area contributed by atoms with E-state index in [9.17, 15) is 4.79 Å². The van der Waals surface area contributed by atoms with Crippen LogP contribution in [0.2, 0.25) is 0 Å². The highest BCUT2D eigenvalue weighted by Crippen LogP contribution is 2.29. The molecule has 0 spiro atoms. The molecular formula is C29H30Cl2N8O. The molecule has 0 aliphatic rings. The van der Waals surface area contributed by atoms with Crippen LogP contribution < -0.4 is 26.6 Å². The van der Waals surface area contributed by atoms with Crippen molar-refractivity contribution in [3.63, 3.8) is 0 Å². The quantitative estimate of drug-likeness (QED) is 0.172. The topological polar surface area (TPSA) is 121 Å². The number of fused-ring (bicyclic) bond motifs is 1. The molecule has 0 saturated carbocycles. The Bertz CT molecular complexity index is 1590. The molecular weight excluding hydrogens is 547 g/mol. The summed E-state index contributed by atoms with van der Waals surface area (Å²) in [6.07, 6.45) is 1.79. The molecule has 206 valence electrons. The number of carbonyl (C=O) groups is 1. The van der Waals surface area contributed by atoms with Crippen LogP contribution >= 0.6 is 24.8 Å². The summed E-state index contributed by atoms with van der Waals surface area (Å²) in [7, 11) is 4.03. The number of rotatable bonds is 7. The van der Waals surface area contributed by atoms with Crippen LogP contribution in [0.3, 0.4) is 0 Å². The highest BCUT2D eigenvalue weighted by molar-refractivity contribution is 6.04. The fraction of sp³-hybridized carbons (Fsp3) is 0.103. The maximum absolute atomic E-state index is 12.8. The largest absolute Gasteiger partial charge is 0.378 e. The molecule has 0 radical (unpaired) electrons. The molecule has 0 fully saturated rings. The summed E-state index contributed by atoms with van der Waals surface area (Å²) >= 11 is 0. The molecule has 40 heavy (non-hydrogen) atoms. The molecule has 0 atom stereocenters. The predicted molar refractivity (Wildman–Crippen MR) is 169 cm³/mol. The van der Waals surface area contributed by atoms with Crippen LogP contribution in [-0.2, 0) is 0 Å². The van der Waals surface area contributed by atoms with Crippen molar-refractivity contribution in [3.05, 3.63) is 96.3 Å². The Morgan fingerprint density at radius 1 is 0.800 bits per heavy atom. The Morgan fingerprint density at radius 2 is 1.45 bits per heavy atom. The van der Waals surface area contributed by atoms with Crippen molar-refractivity contribution in [3.8, 4) is 0 Å². The standard InChI is InChI=1S/C29H28N8O.2ClH/c1-18-16-27(36-29(30)32-18)34-21-6-4-19(5-7-21)28(38)35-22-10-8-20(9-11-22)33-26-14-15-31-25-13-12-23(37(2)3)17-24(25)26;;/h4-17H,1-3H3,(H,31,33)(H,35,38)(H3,30,32,34,36);2*1H. The smallest absolute Gasteiger partial charge is 0.255 e. The van der Waals surface area contributed by atoms with E-state index in [0.717, 1.165) is 39.3 Å². The highest BCUT2D eigenvalue weighted by atomic mass is 35.5. The molecule has 0 unspecified atom stereocenters. The van der Waals surface area contributed by atoms with E-state index < -0.39 is 0 Å². The second-order valence-corrected chi connectivity index (χ2v) is 9.07. The summed E-state index contributed by atoms with van der Waals surface area (Å²) < 4.78 is 0. The van der Waals surface area contributed by atoms with E-state index in [1.807, 2.05) is 69.6 Å². The van der Waals surface area contributed by atoms with Gasteiger partial charge in [0.15, 0.2) is 0 Å². The first-order valence-corrected chi connectivity index (χ1v) is 12.1. The Balaban J connectivity index is 0.00000220. The van der Waals surface area contributed by atoms with E-state index in [4.69, 9.17) is 5.73 Å². The van der Waals surface area contributed by atoms with Crippen LogP contribution in [0.25, 0.3) is 10.9 Å². The minimum absolute atomic E-state index is 0. The fourth-order valence-electron chi connectivity index (χ4n) is 4.03. The number of hydrogen-bond acceptors (Lipinski definition) is 8. The Hall–Kier alpha value is -4.60. The monoisotopic (exact) mass is 576 g/mol. The molecule has 5 rings (SSSR count). The first-order valence-electron chi connectivity index (χ1n) is 12.1. The molecule has 11 heteroatoms. The molecule has 9 nitrogen and oxygen atoms in total. The Kier molecular flexibility index (Phi) is 9.71. The van der Waals surface area contributed by atoms with E-state index in [0.29, 0.717) is 17.1 Å². The van der Waals surface area contributed by atoms with Crippen molar-refractivity contribution >= 4 is 81.8 Å². The van der Waals surface area contributed by atoms with E-state index in [-0.39, 0.29) is 36.7 Å². The van der Waals surface area contributed by atoms with Gasteiger partial charge in [-0.25, -0.2) is 4.98 Å². The van der Waals surface area contributed by atoms with Gasteiger partial charge in [-0.1, -0.05) is 0 Å². The second-order valence-electron chi connectivity index (χ2n) is 9.07. The number of nitrogens with two attached hydrogens (primary N) is 1. The lowest BCUT2D eigenvalue weighted by molar-refractivity contribution is 0.102. The van der Waals surface area contributed by atoms with Gasteiger partial charge in [0.1, 0.15) is 5.82 Å². The Morgan fingerprint density at radius 3 is 2.12 bits per heavy atom. The van der Waals surface area contributed by atoms with Crippen molar-refractivity contribution in [1.29, 1.82) is 0 Å². The number of hydrogen-bond donors (Lipinski definition) is 4. The zero-order chi connectivity index (χ0) is 26.6. The maximum atomic E-state index is 12.8. The van der Waals surface area contributed by atoms with Crippen molar-refractivity contribution in [2.24, 2.45) is 0 Å². The van der Waals surface area contributed by atoms with Crippen molar-refractivity contribution in [2.75, 3.05) is 40.7 Å². The zero-order valence-corrected chi connectivity index (χ0v) is 23.8. The summed E-state index contributed by atoms with van der Waals surface area (Å²) in [5.41, 5.74) is 12.4. The zero-order valence-electron chi connectivity index (χ0n) is 22.2. The van der Waals surface area contributed by atoms with Crippen LogP contribution in [0.1, 0.15) is 16.1 Å². The van der Waals surface area contributed by atoms with Crippen LogP contribution in [0.4, 0.5) is 40.2 Å². The molecule has 2 aromatic heterocycles. The van der Waals surface area contributed by atoms with Crippen LogP contribution in [0.5, 0.6) is 0 Å². The van der Waals surface area contributed by atoms with Gasteiger partial charge in [-0.05, 0) is 79.7 Å². The summed E-state index contributed by atoms with van der Waals surface area (Å²) in [4.78, 5) is 27.6. The van der Waals surface area contributed by atoms with Gasteiger partial charge in [-0.2, -0.15) is 4.98 Å². The van der Waals surface area contributed by atoms with E-state index in [1.165, 1.54) is 0 Å². The minimum atomic E-state index is -0.198. The molecule has 0 aliphatic carbocycles. The van der Waals surface area contributed by atoms with Crippen molar-refractivity contribution in [1.82, 2.24) is 15.0 Å². The average molecular weight is 578 g/mol. The van der Waals surface area contributed by atoms with Crippen molar-refractivity contribution in [2.45, 2.75) is 6.92 Å². The number of nitrogens with one attached hydrogen (secondary N) is 3. The van der Waals surface area contributed by atoms with Gasteiger partial charge in [0.05, 0.1) is 5.52 Å². The lowest BCUT2D eigenvalue weighted by Gasteiger charge is -2.15. The number of halogens is 2. The SMILES string of the molecule is Cc1cc(Nc2ccc(C(=O)Nc3ccc(Nc4ccnc5ccc(N(C)C)cc45)cc3)cc2)nc(N)n1.Cl.Cl. The molecule has 2 heterocycles. The first kappa shape index (κ1) is 29.9. The summed E-state index contributed by atoms with van der Waals surface area (Å²) in [5, 5.41) is 10.6. The molecule has 0 bridgehead atoms. The number of aromatic nitrogens is 3. The van der Waals surface area contributed by atoms with E-state index >= 15 is 0 Å². The van der Waals surface area contributed by atoms with Crippen LogP contribution in [-0.4, -0.2) is 35.0 Å². The van der Waals surface area contributed by atoms with Gasteiger partial charge in [0.25, 0.3) is 5.91 Å². The van der Waals surface area contributed by atoms with Gasteiger partial charge in [-0.15, -0.1) is 24.8 Å². The summed E-state index contributed by atoms with van der Waals surface area (Å²) in [6, 6.07) is 24.7. The van der Waals surface area contributed by atoms with Crippen LogP contribution in [0, 0.1) is 6.92 Å². The molecule has 0 aliphatic heterocycles. The summed E-state index contributed by atoms with van der Waals surface area (Å²) in [5.74, 6) is 0.604. The highest BCUT2D eigenvalue weighted by Gasteiger charge is 2.09. The third-order valence-electron chi connectivity index (χ3n) is 5.95. The molecule has 5 aromatic rings. The number of benzene rings is 3. The maximum Gasteiger partial charge on any atom is 0.255 e. The fourth-order valence-corrected chi connectivity index (χ4v) is 4.03. The van der Waals surface area contributed by atoms with Gasteiger partial charge in [0.2, 0.25) is 5.95 Å². The second kappa shape index (κ2) is 13.0. The normalized spacial score (nSPS) is 10.2. The molecule has 1 amide bonds. The number of nitrogens with zero attached hydrogens (tertiary/aromatic N) is 4. The molecule has 3 aromatic carbocycles. The average Bonchev–Trinajstić information content (AvgIpc) is 2.89. The number of amides is 1. The van der Waals surface area contributed by atoms with E-state index in [1.54, 1.807) is 24.4 Å². The van der Waals surface area contributed by atoms with Gasteiger partial charge in [0, 0.05) is 71.4 Å². The Labute approximate surface area is 245 Å². The number of nitrogen functional groups attached to an aromatic ring is 1. The predicted octanol–water partition coefficient (Wildman–Crippen LogP) is 6.56. The minimum Gasteiger partial charge on any atom is -0.378 e. The third kappa shape index (κ3) is 7.07. The lowest BCUT2D eigenvalue weighted by Crippen LogP contribution is -2.11. The van der Waals surface area contributed by atoms with E-state index in [2.05, 4.69) is 47.9 Å². The number of anilines is 7.